The molecule has 1 fully saturated rings. The minimum Gasteiger partial charge on any atom is -0.353 e. The summed E-state index contributed by atoms with van der Waals surface area (Å²) in [5.74, 6) is 1.28. The van der Waals surface area contributed by atoms with Crippen LogP contribution in [-0.4, -0.2) is 34.6 Å². The molecule has 3 rings (SSSR count). The number of amides is 1. The number of aromatic nitrogens is 2. The lowest BCUT2D eigenvalue weighted by molar-refractivity contribution is -0.125. The second kappa shape index (κ2) is 8.56. The average molecular weight is 357 g/mol. The molecule has 0 aliphatic carbocycles. The maximum absolute atomic E-state index is 12.6. The fraction of sp³-hybridized carbons (Fsp3) is 0.619. The van der Waals surface area contributed by atoms with Gasteiger partial charge in [0, 0.05) is 25.7 Å². The van der Waals surface area contributed by atoms with Crippen LogP contribution in [0.3, 0.4) is 0 Å². The lowest BCUT2D eigenvalue weighted by Crippen LogP contribution is -2.46. The number of aryl methyl sites for hydroxylation is 1. The number of benzene rings is 1. The van der Waals surface area contributed by atoms with E-state index in [0.717, 1.165) is 63.2 Å². The standard InChI is InChI=1S/C21H32N4O/c1-4-6-14-25-19-12-8-7-11-18(19)23-21(25)24-13-9-10-17(15-24)20(26)22-16(3)5-2/h7-8,11-12,16-17H,4-6,9-10,13-15H2,1-3H3,(H,22,26)/t16-,17-/m1/s1. The summed E-state index contributed by atoms with van der Waals surface area (Å²) in [5, 5.41) is 3.15. The van der Waals surface area contributed by atoms with Crippen LogP contribution in [0.4, 0.5) is 5.95 Å². The van der Waals surface area contributed by atoms with Gasteiger partial charge in [0.2, 0.25) is 11.9 Å². The van der Waals surface area contributed by atoms with E-state index in [2.05, 4.69) is 53.8 Å². The SMILES string of the molecule is CCCCn1c(N2CCC[C@@H](C(=O)N[C@H](C)CC)C2)nc2ccccc21. The molecule has 2 heterocycles. The van der Waals surface area contributed by atoms with Crippen molar-refractivity contribution in [3.8, 4) is 0 Å². The normalized spacial score (nSPS) is 18.9. The number of fused-ring (bicyclic) bond motifs is 1. The van der Waals surface area contributed by atoms with Crippen molar-refractivity contribution in [2.75, 3.05) is 18.0 Å². The molecule has 1 aliphatic rings. The number of hydrogen-bond acceptors (Lipinski definition) is 3. The number of rotatable bonds is 7. The number of nitrogens with one attached hydrogen (secondary N) is 1. The van der Waals surface area contributed by atoms with E-state index < -0.39 is 0 Å². The summed E-state index contributed by atoms with van der Waals surface area (Å²) in [6.07, 6.45) is 5.27. The van der Waals surface area contributed by atoms with E-state index >= 15 is 0 Å². The van der Waals surface area contributed by atoms with Crippen LogP contribution in [0.2, 0.25) is 0 Å². The maximum Gasteiger partial charge on any atom is 0.225 e. The lowest BCUT2D eigenvalue weighted by atomic mass is 9.97. The highest BCUT2D eigenvalue weighted by Gasteiger charge is 2.29. The molecule has 0 unspecified atom stereocenters. The van der Waals surface area contributed by atoms with Gasteiger partial charge in [0.05, 0.1) is 17.0 Å². The van der Waals surface area contributed by atoms with Crippen LogP contribution < -0.4 is 10.2 Å². The Morgan fingerprint density at radius 3 is 2.92 bits per heavy atom. The molecule has 1 saturated heterocycles. The number of unbranched alkanes of at least 4 members (excludes halogenated alkanes) is 1. The molecule has 1 aromatic heterocycles. The van der Waals surface area contributed by atoms with E-state index in [-0.39, 0.29) is 17.9 Å². The summed E-state index contributed by atoms with van der Waals surface area (Å²) in [6.45, 7) is 9.11. The van der Waals surface area contributed by atoms with Crippen molar-refractivity contribution in [3.63, 3.8) is 0 Å². The van der Waals surface area contributed by atoms with Crippen LogP contribution in [0.15, 0.2) is 24.3 Å². The monoisotopic (exact) mass is 356 g/mol. The second-order valence-electron chi connectivity index (χ2n) is 7.51. The lowest BCUT2D eigenvalue weighted by Gasteiger charge is -2.33. The minimum atomic E-state index is 0.0530. The number of para-hydroxylation sites is 2. The van der Waals surface area contributed by atoms with Crippen LogP contribution in [0.25, 0.3) is 11.0 Å². The Hall–Kier alpha value is -2.04. The molecule has 0 saturated carbocycles. The van der Waals surface area contributed by atoms with Crippen LogP contribution in [0, 0.1) is 5.92 Å². The van der Waals surface area contributed by atoms with Crippen LogP contribution in [0.5, 0.6) is 0 Å². The van der Waals surface area contributed by atoms with Gasteiger partial charge in [0.25, 0.3) is 0 Å². The number of nitrogens with zero attached hydrogens (tertiary/aromatic N) is 3. The molecule has 2 atom stereocenters. The summed E-state index contributed by atoms with van der Waals surface area (Å²) < 4.78 is 2.34. The number of anilines is 1. The first-order valence-electron chi connectivity index (χ1n) is 10.1. The Morgan fingerprint density at radius 1 is 1.35 bits per heavy atom. The van der Waals surface area contributed by atoms with Crippen molar-refractivity contribution < 1.29 is 4.79 Å². The molecule has 1 aromatic carbocycles. The number of imidazole rings is 1. The van der Waals surface area contributed by atoms with Gasteiger partial charge < -0.3 is 14.8 Å². The van der Waals surface area contributed by atoms with Gasteiger partial charge in [0.15, 0.2) is 0 Å². The minimum absolute atomic E-state index is 0.0530. The molecule has 5 heteroatoms. The molecule has 5 nitrogen and oxygen atoms in total. The van der Waals surface area contributed by atoms with Crippen molar-refractivity contribution in [3.05, 3.63) is 24.3 Å². The number of carbonyl (C=O) groups is 1. The Kier molecular flexibility index (Phi) is 6.17. The number of piperidine rings is 1. The molecular formula is C21H32N4O. The first kappa shape index (κ1) is 18.7. The van der Waals surface area contributed by atoms with Gasteiger partial charge in [-0.15, -0.1) is 0 Å². The van der Waals surface area contributed by atoms with Crippen molar-refractivity contribution in [1.29, 1.82) is 0 Å². The highest BCUT2D eigenvalue weighted by molar-refractivity contribution is 5.81. The van der Waals surface area contributed by atoms with Gasteiger partial charge in [-0.25, -0.2) is 4.98 Å². The zero-order valence-corrected chi connectivity index (χ0v) is 16.4. The summed E-state index contributed by atoms with van der Waals surface area (Å²) in [6, 6.07) is 8.60. The van der Waals surface area contributed by atoms with Crippen molar-refractivity contribution >= 4 is 22.9 Å². The topological polar surface area (TPSA) is 50.2 Å². The molecule has 1 amide bonds. The summed E-state index contributed by atoms with van der Waals surface area (Å²) >= 11 is 0. The largest absolute Gasteiger partial charge is 0.353 e. The van der Waals surface area contributed by atoms with Crippen LogP contribution in [0.1, 0.15) is 52.9 Å². The number of hydrogen-bond donors (Lipinski definition) is 1. The zero-order valence-electron chi connectivity index (χ0n) is 16.4. The highest BCUT2D eigenvalue weighted by atomic mass is 16.2. The van der Waals surface area contributed by atoms with E-state index in [1.165, 1.54) is 5.52 Å². The third-order valence-electron chi connectivity index (χ3n) is 5.45. The Labute approximate surface area is 156 Å². The van der Waals surface area contributed by atoms with E-state index in [1.807, 2.05) is 6.07 Å². The summed E-state index contributed by atoms with van der Waals surface area (Å²) in [5.41, 5.74) is 2.24. The fourth-order valence-electron chi connectivity index (χ4n) is 3.68. The molecule has 1 N–H and O–H groups in total. The fourth-order valence-corrected chi connectivity index (χ4v) is 3.68. The molecule has 1 aliphatic heterocycles. The van der Waals surface area contributed by atoms with Gasteiger partial charge >= 0.3 is 0 Å². The quantitative estimate of drug-likeness (QED) is 0.817. The van der Waals surface area contributed by atoms with Crippen molar-refractivity contribution in [1.82, 2.24) is 14.9 Å². The first-order valence-corrected chi connectivity index (χ1v) is 10.1. The molecule has 0 bridgehead atoms. The molecular weight excluding hydrogens is 324 g/mol. The third kappa shape index (κ3) is 4.02. The van der Waals surface area contributed by atoms with E-state index in [9.17, 15) is 4.79 Å². The van der Waals surface area contributed by atoms with Gasteiger partial charge in [0.1, 0.15) is 0 Å². The Morgan fingerprint density at radius 2 is 2.15 bits per heavy atom. The summed E-state index contributed by atoms with van der Waals surface area (Å²) in [7, 11) is 0. The molecule has 26 heavy (non-hydrogen) atoms. The molecule has 142 valence electrons. The van der Waals surface area contributed by atoms with E-state index in [0.29, 0.717) is 0 Å². The molecule has 0 radical (unpaired) electrons. The van der Waals surface area contributed by atoms with Gasteiger partial charge in [-0.2, -0.15) is 0 Å². The first-order chi connectivity index (χ1) is 12.6. The zero-order chi connectivity index (χ0) is 18.5. The van der Waals surface area contributed by atoms with E-state index in [1.54, 1.807) is 0 Å². The van der Waals surface area contributed by atoms with Gasteiger partial charge in [-0.3, -0.25) is 4.79 Å². The van der Waals surface area contributed by atoms with Crippen molar-refractivity contribution in [2.45, 2.75) is 65.5 Å². The third-order valence-corrected chi connectivity index (χ3v) is 5.45. The Bertz CT molecular complexity index is 739. The average Bonchev–Trinajstić information content (AvgIpc) is 3.05. The van der Waals surface area contributed by atoms with Crippen LogP contribution >= 0.6 is 0 Å². The maximum atomic E-state index is 12.6. The number of carbonyl (C=O) groups excluding carboxylic acids is 1. The second-order valence-corrected chi connectivity index (χ2v) is 7.51. The smallest absolute Gasteiger partial charge is 0.225 e. The predicted octanol–water partition coefficient (Wildman–Crippen LogP) is 3.97. The van der Waals surface area contributed by atoms with Crippen LogP contribution in [-0.2, 0) is 11.3 Å². The Balaban J connectivity index is 1.82. The van der Waals surface area contributed by atoms with Crippen molar-refractivity contribution in [2.24, 2.45) is 5.92 Å². The summed E-state index contributed by atoms with van der Waals surface area (Å²) in [4.78, 5) is 19.8. The predicted molar refractivity (Wildman–Crippen MR) is 107 cm³/mol. The van der Waals surface area contributed by atoms with Gasteiger partial charge in [-0.05, 0) is 44.7 Å². The molecule has 2 aromatic rings. The van der Waals surface area contributed by atoms with E-state index in [4.69, 9.17) is 4.98 Å². The molecule has 0 spiro atoms. The van der Waals surface area contributed by atoms with Gasteiger partial charge in [-0.1, -0.05) is 32.4 Å². The highest BCUT2D eigenvalue weighted by Crippen LogP contribution is 2.27.